The molecule has 0 radical (unpaired) electrons. The van der Waals surface area contributed by atoms with Crippen LogP contribution in [0.4, 0.5) is 5.69 Å². The largest absolute Gasteiger partial charge is 0.387 e. The summed E-state index contributed by atoms with van der Waals surface area (Å²) in [4.78, 5) is 12.3. The van der Waals surface area contributed by atoms with Crippen LogP contribution in [0.15, 0.2) is 24.3 Å². The zero-order chi connectivity index (χ0) is 13.7. The van der Waals surface area contributed by atoms with Crippen molar-refractivity contribution in [2.75, 3.05) is 18.6 Å². The monoisotopic (exact) mass is 278 g/mol. The van der Waals surface area contributed by atoms with E-state index in [1.165, 1.54) is 12.8 Å². The number of anilines is 1. The quantitative estimate of drug-likeness (QED) is 0.889. The van der Waals surface area contributed by atoms with Crippen LogP contribution in [0.5, 0.6) is 0 Å². The number of carbonyl (C=O) groups excluding carboxylic acids is 1. The van der Waals surface area contributed by atoms with Gasteiger partial charge in [-0.15, -0.1) is 0 Å². The average molecular weight is 278 g/mol. The molecule has 1 fully saturated rings. The maximum Gasteiger partial charge on any atom is 0.253 e. The molecule has 1 saturated carbocycles. The van der Waals surface area contributed by atoms with E-state index in [0.717, 1.165) is 24.1 Å². The fraction of sp³-hybridized carbons (Fsp3) is 0.533. The van der Waals surface area contributed by atoms with Crippen LogP contribution in [0, 0.1) is 0 Å². The Balaban J connectivity index is 2.00. The Hall–Kier alpha value is -1.16. The molecule has 2 N–H and O–H groups in total. The number of nitrogens with one attached hydrogen (secondary N) is 2. The van der Waals surface area contributed by atoms with Gasteiger partial charge in [0.15, 0.2) is 0 Å². The summed E-state index contributed by atoms with van der Waals surface area (Å²) in [5, 5.41) is 6.94. The number of rotatable bonds is 4. The van der Waals surface area contributed by atoms with Gasteiger partial charge in [0.25, 0.3) is 5.91 Å². The van der Waals surface area contributed by atoms with Gasteiger partial charge in [0.1, 0.15) is 0 Å². The second-order valence-electron chi connectivity index (χ2n) is 4.99. The first-order valence-electron chi connectivity index (χ1n) is 6.85. The molecule has 1 aromatic rings. The number of carbonyl (C=O) groups is 1. The summed E-state index contributed by atoms with van der Waals surface area (Å²) in [5.41, 5.74) is 1.62. The Bertz CT molecular complexity index is 436. The van der Waals surface area contributed by atoms with Gasteiger partial charge in [-0.2, -0.15) is 11.8 Å². The van der Waals surface area contributed by atoms with Crippen LogP contribution in [-0.4, -0.2) is 30.5 Å². The maximum absolute atomic E-state index is 12.3. The van der Waals surface area contributed by atoms with Crippen LogP contribution in [0.3, 0.4) is 0 Å². The highest BCUT2D eigenvalue weighted by Gasteiger charge is 2.23. The van der Waals surface area contributed by atoms with Crippen LogP contribution < -0.4 is 10.6 Å². The van der Waals surface area contributed by atoms with E-state index in [-0.39, 0.29) is 5.91 Å². The number of hydrogen-bond donors (Lipinski definition) is 2. The number of benzene rings is 1. The summed E-state index contributed by atoms with van der Waals surface area (Å²) in [5.74, 6) is 0.0386. The second-order valence-corrected chi connectivity index (χ2v) is 6.13. The van der Waals surface area contributed by atoms with E-state index in [9.17, 15) is 4.79 Å². The lowest BCUT2D eigenvalue weighted by molar-refractivity contribution is 0.0929. The van der Waals surface area contributed by atoms with Gasteiger partial charge in [0, 0.05) is 24.0 Å². The first kappa shape index (κ1) is 14.3. The third kappa shape index (κ3) is 3.66. The fourth-order valence-electron chi connectivity index (χ4n) is 2.65. The highest BCUT2D eigenvalue weighted by atomic mass is 32.2. The van der Waals surface area contributed by atoms with Gasteiger partial charge in [-0.1, -0.05) is 18.6 Å². The van der Waals surface area contributed by atoms with Crippen LogP contribution >= 0.6 is 11.8 Å². The van der Waals surface area contributed by atoms with E-state index in [4.69, 9.17) is 0 Å². The molecule has 2 rings (SSSR count). The molecule has 19 heavy (non-hydrogen) atoms. The predicted octanol–water partition coefficient (Wildman–Crippen LogP) is 3.13. The zero-order valence-electron chi connectivity index (χ0n) is 11.6. The summed E-state index contributed by atoms with van der Waals surface area (Å²) >= 11 is 1.92. The van der Waals surface area contributed by atoms with Crippen molar-refractivity contribution in [2.45, 2.75) is 37.0 Å². The van der Waals surface area contributed by atoms with Crippen molar-refractivity contribution in [3.8, 4) is 0 Å². The minimum Gasteiger partial charge on any atom is -0.387 e. The Morgan fingerprint density at radius 3 is 2.84 bits per heavy atom. The minimum absolute atomic E-state index is 0.0386. The molecule has 104 valence electrons. The maximum atomic E-state index is 12.3. The molecule has 1 aromatic carbocycles. The molecular weight excluding hydrogens is 256 g/mol. The first-order valence-corrected chi connectivity index (χ1v) is 8.13. The van der Waals surface area contributed by atoms with Gasteiger partial charge in [0.2, 0.25) is 0 Å². The van der Waals surface area contributed by atoms with Crippen molar-refractivity contribution < 1.29 is 4.79 Å². The predicted molar refractivity (Wildman–Crippen MR) is 83.0 cm³/mol. The highest BCUT2D eigenvalue weighted by molar-refractivity contribution is 7.99. The lowest BCUT2D eigenvalue weighted by Crippen LogP contribution is -2.39. The molecule has 0 saturated heterocycles. The molecule has 0 spiro atoms. The smallest absolute Gasteiger partial charge is 0.253 e. The van der Waals surface area contributed by atoms with Gasteiger partial charge in [0.05, 0.1) is 5.56 Å². The molecule has 2 atom stereocenters. The molecule has 0 bridgehead atoms. The molecule has 0 aliphatic heterocycles. The number of hydrogen-bond acceptors (Lipinski definition) is 3. The van der Waals surface area contributed by atoms with Crippen LogP contribution in [0.1, 0.15) is 36.0 Å². The van der Waals surface area contributed by atoms with Crippen molar-refractivity contribution in [3.05, 3.63) is 29.8 Å². The summed E-state index contributed by atoms with van der Waals surface area (Å²) in [6.45, 7) is 0. The van der Waals surface area contributed by atoms with E-state index >= 15 is 0 Å². The second kappa shape index (κ2) is 6.85. The van der Waals surface area contributed by atoms with Gasteiger partial charge in [-0.25, -0.2) is 0 Å². The molecule has 3 nitrogen and oxygen atoms in total. The standard InChI is InChI=1S/C15H22N2OS/c1-16-14-9-4-3-8-13(14)15(18)17-11-6-5-7-12(10-11)19-2/h3-4,8-9,11-12,16H,5-7,10H2,1-2H3,(H,17,18). The van der Waals surface area contributed by atoms with Gasteiger partial charge in [-0.3, -0.25) is 4.79 Å². The lowest BCUT2D eigenvalue weighted by Gasteiger charge is -2.28. The SMILES string of the molecule is CNc1ccccc1C(=O)NC1CCCC(SC)C1. The number of thioether (sulfide) groups is 1. The molecule has 1 aliphatic carbocycles. The molecule has 0 aromatic heterocycles. The topological polar surface area (TPSA) is 41.1 Å². The third-order valence-electron chi connectivity index (χ3n) is 3.74. The van der Waals surface area contributed by atoms with Crippen LogP contribution in [0.25, 0.3) is 0 Å². The summed E-state index contributed by atoms with van der Waals surface area (Å²) < 4.78 is 0. The van der Waals surface area contributed by atoms with Crippen LogP contribution in [0.2, 0.25) is 0 Å². The normalized spacial score (nSPS) is 22.8. The summed E-state index contributed by atoms with van der Waals surface area (Å²) in [7, 11) is 1.84. The Morgan fingerprint density at radius 1 is 1.32 bits per heavy atom. The minimum atomic E-state index is 0.0386. The Kier molecular flexibility index (Phi) is 5.14. The van der Waals surface area contributed by atoms with Gasteiger partial charge >= 0.3 is 0 Å². The van der Waals surface area contributed by atoms with Crippen LogP contribution in [-0.2, 0) is 0 Å². The number of para-hydroxylation sites is 1. The van der Waals surface area contributed by atoms with Gasteiger partial charge < -0.3 is 10.6 Å². The molecule has 4 heteroatoms. The lowest BCUT2D eigenvalue weighted by atomic mass is 9.94. The highest BCUT2D eigenvalue weighted by Crippen LogP contribution is 2.27. The molecule has 1 aliphatic rings. The fourth-order valence-corrected chi connectivity index (χ4v) is 3.48. The molecule has 0 heterocycles. The van der Waals surface area contributed by atoms with E-state index in [0.29, 0.717) is 11.3 Å². The van der Waals surface area contributed by atoms with E-state index < -0.39 is 0 Å². The van der Waals surface area contributed by atoms with Gasteiger partial charge in [-0.05, 0) is 37.7 Å². The van der Waals surface area contributed by atoms with E-state index in [1.54, 1.807) is 0 Å². The van der Waals surface area contributed by atoms with Crippen molar-refractivity contribution in [3.63, 3.8) is 0 Å². The Morgan fingerprint density at radius 2 is 2.11 bits per heavy atom. The van der Waals surface area contributed by atoms with Crippen molar-refractivity contribution in [2.24, 2.45) is 0 Å². The summed E-state index contributed by atoms with van der Waals surface area (Å²) in [6, 6.07) is 7.97. The zero-order valence-corrected chi connectivity index (χ0v) is 12.4. The Labute approximate surface area is 119 Å². The van der Waals surface area contributed by atoms with E-state index in [2.05, 4.69) is 16.9 Å². The van der Waals surface area contributed by atoms with E-state index in [1.807, 2.05) is 43.1 Å². The number of amides is 1. The summed E-state index contributed by atoms with van der Waals surface area (Å²) in [6.07, 6.45) is 6.84. The molecule has 1 amide bonds. The van der Waals surface area contributed by atoms with Crippen molar-refractivity contribution in [1.29, 1.82) is 0 Å². The molecule has 2 unspecified atom stereocenters. The third-order valence-corrected chi connectivity index (χ3v) is 4.83. The van der Waals surface area contributed by atoms with Crippen molar-refractivity contribution >= 4 is 23.4 Å². The average Bonchev–Trinajstić information content (AvgIpc) is 2.47. The van der Waals surface area contributed by atoms with Crippen molar-refractivity contribution in [1.82, 2.24) is 5.32 Å². The molecular formula is C15H22N2OS. The first-order chi connectivity index (χ1) is 9.24.